The van der Waals surface area contributed by atoms with Crippen molar-refractivity contribution in [3.63, 3.8) is 0 Å². The van der Waals surface area contributed by atoms with Crippen LogP contribution in [0.3, 0.4) is 0 Å². The van der Waals surface area contributed by atoms with Crippen molar-refractivity contribution >= 4 is 45.5 Å². The summed E-state index contributed by atoms with van der Waals surface area (Å²) >= 11 is 2.71. The van der Waals surface area contributed by atoms with E-state index in [0.29, 0.717) is 20.7 Å². The van der Waals surface area contributed by atoms with Gasteiger partial charge in [0.05, 0.1) is 16.5 Å². The Morgan fingerprint density at radius 1 is 1.15 bits per heavy atom. The normalized spacial score (nSPS) is 11.4. The van der Waals surface area contributed by atoms with Gasteiger partial charge in [-0.3, -0.25) is 4.79 Å². The molecule has 0 aliphatic heterocycles. The van der Waals surface area contributed by atoms with Gasteiger partial charge in [0, 0.05) is 5.69 Å². The SMILES string of the molecule is C[C@@H](Sc1nnc(Nc2ccccc2)s1)C(=O)Nc1ccccc1C#N. The van der Waals surface area contributed by atoms with Crippen LogP contribution in [0.15, 0.2) is 58.9 Å². The van der Waals surface area contributed by atoms with Gasteiger partial charge in [-0.2, -0.15) is 5.26 Å². The Labute approximate surface area is 159 Å². The molecule has 130 valence electrons. The summed E-state index contributed by atoms with van der Waals surface area (Å²) in [5.74, 6) is -0.189. The first-order valence-electron chi connectivity index (χ1n) is 7.78. The van der Waals surface area contributed by atoms with E-state index in [2.05, 4.69) is 26.9 Å². The maximum atomic E-state index is 12.4. The van der Waals surface area contributed by atoms with Crippen molar-refractivity contribution in [1.29, 1.82) is 5.26 Å². The zero-order valence-electron chi connectivity index (χ0n) is 13.8. The number of para-hydroxylation sites is 2. The highest BCUT2D eigenvalue weighted by molar-refractivity contribution is 8.02. The molecule has 1 heterocycles. The van der Waals surface area contributed by atoms with Crippen LogP contribution in [0.2, 0.25) is 0 Å². The first-order valence-corrected chi connectivity index (χ1v) is 9.47. The van der Waals surface area contributed by atoms with E-state index in [4.69, 9.17) is 5.26 Å². The van der Waals surface area contributed by atoms with E-state index in [1.165, 1.54) is 23.1 Å². The quantitative estimate of drug-likeness (QED) is 0.620. The van der Waals surface area contributed by atoms with E-state index in [0.717, 1.165) is 5.69 Å². The van der Waals surface area contributed by atoms with Gasteiger partial charge in [-0.15, -0.1) is 10.2 Å². The molecule has 0 bridgehead atoms. The molecule has 0 unspecified atom stereocenters. The third-order valence-electron chi connectivity index (χ3n) is 3.38. The minimum absolute atomic E-state index is 0.189. The molecule has 8 heteroatoms. The van der Waals surface area contributed by atoms with E-state index in [9.17, 15) is 4.79 Å². The second-order valence-electron chi connectivity index (χ2n) is 5.27. The lowest BCUT2D eigenvalue weighted by Crippen LogP contribution is -2.22. The van der Waals surface area contributed by atoms with Gasteiger partial charge in [-0.05, 0) is 31.2 Å². The standard InChI is InChI=1S/C18H15N5OS2/c1-12(16(24)21-15-10-6-5-7-13(15)11-19)25-18-23-22-17(26-18)20-14-8-3-2-4-9-14/h2-10,12H,1H3,(H,20,22)(H,21,24)/t12-/m1/s1. The van der Waals surface area contributed by atoms with Gasteiger partial charge in [0.2, 0.25) is 11.0 Å². The van der Waals surface area contributed by atoms with E-state index in [1.54, 1.807) is 31.2 Å². The lowest BCUT2D eigenvalue weighted by molar-refractivity contribution is -0.115. The summed E-state index contributed by atoms with van der Waals surface area (Å²) in [4.78, 5) is 12.4. The van der Waals surface area contributed by atoms with Crippen molar-refractivity contribution in [2.24, 2.45) is 0 Å². The summed E-state index contributed by atoms with van der Waals surface area (Å²) in [5, 5.41) is 23.6. The monoisotopic (exact) mass is 381 g/mol. The number of rotatable bonds is 6. The molecule has 6 nitrogen and oxygen atoms in total. The summed E-state index contributed by atoms with van der Waals surface area (Å²) in [7, 11) is 0. The van der Waals surface area contributed by atoms with E-state index in [-0.39, 0.29) is 11.2 Å². The Morgan fingerprint density at radius 2 is 1.88 bits per heavy atom. The van der Waals surface area contributed by atoms with Gasteiger partial charge in [0.25, 0.3) is 0 Å². The number of hydrogen-bond acceptors (Lipinski definition) is 7. The minimum Gasteiger partial charge on any atom is -0.330 e. The van der Waals surface area contributed by atoms with Crippen LogP contribution in [0, 0.1) is 11.3 Å². The van der Waals surface area contributed by atoms with Crippen molar-refractivity contribution in [3.8, 4) is 6.07 Å². The van der Waals surface area contributed by atoms with Gasteiger partial charge in [0.15, 0.2) is 4.34 Å². The summed E-state index contributed by atoms with van der Waals surface area (Å²) in [5.41, 5.74) is 1.87. The molecule has 1 atom stereocenters. The number of benzene rings is 2. The van der Waals surface area contributed by atoms with Crippen molar-refractivity contribution in [3.05, 3.63) is 60.2 Å². The largest absolute Gasteiger partial charge is 0.330 e. The van der Waals surface area contributed by atoms with E-state index < -0.39 is 0 Å². The second kappa shape index (κ2) is 8.47. The number of nitriles is 1. The predicted octanol–water partition coefficient (Wildman–Crippen LogP) is 4.27. The molecule has 26 heavy (non-hydrogen) atoms. The second-order valence-corrected chi connectivity index (χ2v) is 7.84. The number of carbonyl (C=O) groups is 1. The summed E-state index contributed by atoms with van der Waals surface area (Å²) in [6.45, 7) is 1.79. The molecule has 1 aromatic heterocycles. The molecule has 0 radical (unpaired) electrons. The fourth-order valence-electron chi connectivity index (χ4n) is 2.08. The molecule has 0 aliphatic carbocycles. The van der Waals surface area contributed by atoms with Crippen LogP contribution in [0.4, 0.5) is 16.5 Å². The number of amides is 1. The Morgan fingerprint density at radius 3 is 2.65 bits per heavy atom. The maximum Gasteiger partial charge on any atom is 0.237 e. The number of nitrogens with one attached hydrogen (secondary N) is 2. The molecule has 3 rings (SSSR count). The van der Waals surface area contributed by atoms with Crippen molar-refractivity contribution in [2.45, 2.75) is 16.5 Å². The fraction of sp³-hybridized carbons (Fsp3) is 0.111. The molecule has 3 aromatic rings. The van der Waals surface area contributed by atoms with Crippen LogP contribution < -0.4 is 10.6 Å². The van der Waals surface area contributed by atoms with Crippen LogP contribution in [0.1, 0.15) is 12.5 Å². The van der Waals surface area contributed by atoms with Crippen LogP contribution in [-0.2, 0) is 4.79 Å². The number of anilines is 3. The van der Waals surface area contributed by atoms with Crippen LogP contribution in [-0.4, -0.2) is 21.4 Å². The van der Waals surface area contributed by atoms with Crippen molar-refractivity contribution in [2.75, 3.05) is 10.6 Å². The van der Waals surface area contributed by atoms with Gasteiger partial charge in [-0.25, -0.2) is 0 Å². The van der Waals surface area contributed by atoms with Gasteiger partial charge < -0.3 is 10.6 Å². The molecule has 2 aromatic carbocycles. The van der Waals surface area contributed by atoms with Crippen LogP contribution >= 0.6 is 23.1 Å². The first kappa shape index (κ1) is 17.9. The summed E-state index contributed by atoms with van der Waals surface area (Å²) in [6.07, 6.45) is 0. The topological polar surface area (TPSA) is 90.7 Å². The molecule has 0 saturated carbocycles. The predicted molar refractivity (Wildman–Crippen MR) is 105 cm³/mol. The number of carbonyl (C=O) groups excluding carboxylic acids is 1. The van der Waals surface area contributed by atoms with Gasteiger partial charge >= 0.3 is 0 Å². The Kier molecular flexibility index (Phi) is 5.84. The minimum atomic E-state index is -0.376. The third-order valence-corrected chi connectivity index (χ3v) is 5.41. The molecular weight excluding hydrogens is 366 g/mol. The van der Waals surface area contributed by atoms with Gasteiger partial charge in [0.1, 0.15) is 6.07 Å². The fourth-order valence-corrected chi connectivity index (χ4v) is 4.00. The van der Waals surface area contributed by atoms with Crippen LogP contribution in [0.25, 0.3) is 0 Å². The molecule has 0 aliphatic rings. The highest BCUT2D eigenvalue weighted by Crippen LogP contribution is 2.31. The van der Waals surface area contributed by atoms with Crippen LogP contribution in [0.5, 0.6) is 0 Å². The highest BCUT2D eigenvalue weighted by Gasteiger charge is 2.18. The summed E-state index contributed by atoms with van der Waals surface area (Å²) < 4.78 is 0.694. The number of aromatic nitrogens is 2. The zero-order chi connectivity index (χ0) is 18.4. The van der Waals surface area contributed by atoms with Crippen molar-refractivity contribution < 1.29 is 4.79 Å². The molecule has 0 spiro atoms. The molecule has 0 saturated heterocycles. The molecular formula is C18H15N5OS2. The average Bonchev–Trinajstić information content (AvgIpc) is 3.09. The van der Waals surface area contributed by atoms with Gasteiger partial charge in [-0.1, -0.05) is 53.4 Å². The number of nitrogens with zero attached hydrogens (tertiary/aromatic N) is 3. The average molecular weight is 381 g/mol. The first-order chi connectivity index (χ1) is 12.7. The Balaban J connectivity index is 1.60. The van der Waals surface area contributed by atoms with E-state index in [1.807, 2.05) is 30.3 Å². The lowest BCUT2D eigenvalue weighted by Gasteiger charge is -2.11. The zero-order valence-corrected chi connectivity index (χ0v) is 15.5. The van der Waals surface area contributed by atoms with E-state index >= 15 is 0 Å². The number of hydrogen-bond donors (Lipinski definition) is 2. The number of thioether (sulfide) groups is 1. The summed E-state index contributed by atoms with van der Waals surface area (Å²) in [6, 6.07) is 18.7. The molecule has 2 N–H and O–H groups in total. The highest BCUT2D eigenvalue weighted by atomic mass is 32.2. The van der Waals surface area contributed by atoms with Crippen molar-refractivity contribution in [1.82, 2.24) is 10.2 Å². The Bertz CT molecular complexity index is 936. The molecule has 1 amide bonds. The molecule has 0 fully saturated rings. The third kappa shape index (κ3) is 4.59. The lowest BCUT2D eigenvalue weighted by atomic mass is 10.2. The smallest absolute Gasteiger partial charge is 0.237 e. The Hall–Kier alpha value is -2.89. The maximum absolute atomic E-state index is 12.4.